The molecule has 0 aromatic carbocycles. The third-order valence-corrected chi connectivity index (χ3v) is 5.82. The van der Waals surface area contributed by atoms with Gasteiger partial charge in [0.1, 0.15) is 0 Å². The van der Waals surface area contributed by atoms with E-state index in [2.05, 4.69) is 51.8 Å². The molecule has 1 N–H and O–H groups in total. The van der Waals surface area contributed by atoms with Crippen molar-refractivity contribution in [2.45, 2.75) is 91.6 Å². The molecule has 2 unspecified atom stereocenters. The molecule has 2 atom stereocenters. The second-order valence-electron chi connectivity index (χ2n) is 7.53. The van der Waals surface area contributed by atoms with Crippen molar-refractivity contribution in [1.29, 1.82) is 0 Å². The van der Waals surface area contributed by atoms with Gasteiger partial charge in [-0.05, 0) is 31.1 Å². The van der Waals surface area contributed by atoms with Crippen molar-refractivity contribution < 1.29 is 0 Å². The van der Waals surface area contributed by atoms with Gasteiger partial charge in [0.05, 0.1) is 0 Å². The summed E-state index contributed by atoms with van der Waals surface area (Å²) in [6.07, 6.45) is 7.96. The molecule has 0 amide bonds. The lowest BCUT2D eigenvalue weighted by Crippen LogP contribution is -2.65. The van der Waals surface area contributed by atoms with Crippen LogP contribution in [0.15, 0.2) is 0 Å². The number of nitrogens with one attached hydrogen (secondary N) is 1. The van der Waals surface area contributed by atoms with Crippen LogP contribution in [0.25, 0.3) is 0 Å². The van der Waals surface area contributed by atoms with E-state index in [0.29, 0.717) is 11.6 Å². The number of piperazine rings is 1. The third-order valence-electron chi connectivity index (χ3n) is 5.82. The van der Waals surface area contributed by atoms with Crippen LogP contribution in [0.2, 0.25) is 0 Å². The van der Waals surface area contributed by atoms with Crippen LogP contribution in [0.5, 0.6) is 0 Å². The monoisotopic (exact) mass is 296 g/mol. The molecule has 0 aromatic heterocycles. The topological polar surface area (TPSA) is 15.3 Å². The Labute approximate surface area is 134 Å². The molecule has 0 radical (unpaired) electrons. The summed E-state index contributed by atoms with van der Waals surface area (Å²) in [5.41, 5.74) is 0.356. The minimum absolute atomic E-state index is 0.356. The van der Waals surface area contributed by atoms with Crippen molar-refractivity contribution in [1.82, 2.24) is 10.2 Å². The van der Waals surface area contributed by atoms with Crippen LogP contribution in [-0.2, 0) is 0 Å². The Morgan fingerprint density at radius 3 is 2.29 bits per heavy atom. The Kier molecular flexibility index (Phi) is 8.26. The van der Waals surface area contributed by atoms with Crippen molar-refractivity contribution >= 4 is 0 Å². The molecule has 1 heterocycles. The first-order valence-electron chi connectivity index (χ1n) is 9.50. The van der Waals surface area contributed by atoms with Gasteiger partial charge < -0.3 is 5.32 Å². The van der Waals surface area contributed by atoms with Gasteiger partial charge in [-0.1, -0.05) is 60.8 Å². The average Bonchev–Trinajstić information content (AvgIpc) is 2.50. The first-order chi connectivity index (χ1) is 10.0. The first-order valence-corrected chi connectivity index (χ1v) is 9.50. The maximum atomic E-state index is 3.89. The van der Waals surface area contributed by atoms with E-state index in [1.54, 1.807) is 0 Å². The van der Waals surface area contributed by atoms with Crippen molar-refractivity contribution in [3.05, 3.63) is 0 Å². The van der Waals surface area contributed by atoms with Gasteiger partial charge in [-0.2, -0.15) is 0 Å². The van der Waals surface area contributed by atoms with Crippen molar-refractivity contribution in [2.24, 2.45) is 11.8 Å². The quantitative estimate of drug-likeness (QED) is 0.664. The molecular weight excluding hydrogens is 256 g/mol. The fourth-order valence-electron chi connectivity index (χ4n) is 3.84. The highest BCUT2D eigenvalue weighted by molar-refractivity contribution is 4.97. The van der Waals surface area contributed by atoms with Gasteiger partial charge in [-0.25, -0.2) is 0 Å². The molecule has 2 heteroatoms. The van der Waals surface area contributed by atoms with Crippen LogP contribution in [0.1, 0.15) is 80.1 Å². The molecule has 1 fully saturated rings. The Morgan fingerprint density at radius 2 is 1.81 bits per heavy atom. The summed E-state index contributed by atoms with van der Waals surface area (Å²) in [5.74, 6) is 1.63. The molecule has 1 saturated heterocycles. The van der Waals surface area contributed by atoms with Gasteiger partial charge >= 0.3 is 0 Å². The minimum Gasteiger partial charge on any atom is -0.308 e. The summed E-state index contributed by atoms with van der Waals surface area (Å²) < 4.78 is 0. The largest absolute Gasteiger partial charge is 0.308 e. The van der Waals surface area contributed by atoms with Crippen LogP contribution < -0.4 is 5.32 Å². The average molecular weight is 297 g/mol. The summed E-state index contributed by atoms with van der Waals surface area (Å²) in [7, 11) is 0. The maximum Gasteiger partial charge on any atom is 0.0304 e. The van der Waals surface area contributed by atoms with Gasteiger partial charge in [-0.15, -0.1) is 0 Å². The van der Waals surface area contributed by atoms with Crippen molar-refractivity contribution in [3.63, 3.8) is 0 Å². The van der Waals surface area contributed by atoms with Crippen LogP contribution in [0, 0.1) is 11.8 Å². The van der Waals surface area contributed by atoms with E-state index in [1.165, 1.54) is 58.2 Å². The molecule has 21 heavy (non-hydrogen) atoms. The number of nitrogens with zero attached hydrogens (tertiary/aromatic N) is 1. The predicted molar refractivity (Wildman–Crippen MR) is 94.8 cm³/mol. The normalized spacial score (nSPS) is 24.4. The number of unbranched alkanes of at least 4 members (excludes halogenated alkanes) is 1. The van der Waals surface area contributed by atoms with E-state index >= 15 is 0 Å². The summed E-state index contributed by atoms with van der Waals surface area (Å²) in [6.45, 7) is 17.9. The van der Waals surface area contributed by atoms with E-state index in [9.17, 15) is 0 Å². The van der Waals surface area contributed by atoms with Crippen molar-refractivity contribution in [3.8, 4) is 0 Å². The highest BCUT2D eigenvalue weighted by Gasteiger charge is 2.38. The lowest BCUT2D eigenvalue weighted by molar-refractivity contribution is 0.0364. The van der Waals surface area contributed by atoms with E-state index in [-0.39, 0.29) is 0 Å². The molecule has 1 rings (SSSR count). The Morgan fingerprint density at radius 1 is 1.14 bits per heavy atom. The van der Waals surface area contributed by atoms with Crippen LogP contribution in [0.4, 0.5) is 0 Å². The second kappa shape index (κ2) is 9.15. The van der Waals surface area contributed by atoms with E-state index in [1.807, 2.05) is 0 Å². The molecule has 0 saturated carbocycles. The Bertz CT molecular complexity index is 271. The number of hydrogen-bond donors (Lipinski definition) is 1. The Hall–Kier alpha value is -0.0800. The van der Waals surface area contributed by atoms with Gasteiger partial charge in [0.25, 0.3) is 0 Å². The maximum absolute atomic E-state index is 3.89. The molecular formula is C19H40N2. The van der Waals surface area contributed by atoms with Crippen molar-refractivity contribution in [2.75, 3.05) is 19.6 Å². The summed E-state index contributed by atoms with van der Waals surface area (Å²) in [6, 6.07) is 0.715. The number of rotatable bonds is 9. The van der Waals surface area contributed by atoms with E-state index in [4.69, 9.17) is 0 Å². The van der Waals surface area contributed by atoms with Gasteiger partial charge in [0.15, 0.2) is 0 Å². The number of hydrogen-bond acceptors (Lipinski definition) is 2. The van der Waals surface area contributed by atoms with Gasteiger partial charge in [0, 0.05) is 31.2 Å². The smallest absolute Gasteiger partial charge is 0.0304 e. The fourth-order valence-corrected chi connectivity index (χ4v) is 3.84. The highest BCUT2D eigenvalue weighted by atomic mass is 15.3. The third kappa shape index (κ3) is 5.25. The zero-order chi connectivity index (χ0) is 15.9. The molecule has 0 aliphatic carbocycles. The van der Waals surface area contributed by atoms with Gasteiger partial charge in [0.2, 0.25) is 0 Å². The zero-order valence-electron chi connectivity index (χ0n) is 15.5. The van der Waals surface area contributed by atoms with Gasteiger partial charge in [-0.3, -0.25) is 4.90 Å². The zero-order valence-corrected chi connectivity index (χ0v) is 15.5. The summed E-state index contributed by atoms with van der Waals surface area (Å²) >= 11 is 0. The van der Waals surface area contributed by atoms with E-state index in [0.717, 1.165) is 11.8 Å². The lowest BCUT2D eigenvalue weighted by Gasteiger charge is -2.50. The molecule has 1 aliphatic rings. The lowest BCUT2D eigenvalue weighted by atomic mass is 9.85. The van der Waals surface area contributed by atoms with Crippen LogP contribution >= 0.6 is 0 Å². The fraction of sp³-hybridized carbons (Fsp3) is 1.00. The molecule has 2 nitrogen and oxygen atoms in total. The standard InChI is InChI=1S/C19H40N2/c1-7-11-12-17(8-2)14-21-15-19(9-3,10-4)20-13-18(21)16(5)6/h16-18,20H,7-15H2,1-6H3. The summed E-state index contributed by atoms with van der Waals surface area (Å²) in [5, 5.41) is 3.89. The predicted octanol–water partition coefficient (Wildman–Crippen LogP) is 4.69. The first kappa shape index (κ1) is 19.0. The van der Waals surface area contributed by atoms with E-state index < -0.39 is 0 Å². The molecule has 0 spiro atoms. The van der Waals surface area contributed by atoms with Crippen LogP contribution in [0.3, 0.4) is 0 Å². The molecule has 1 aliphatic heterocycles. The minimum atomic E-state index is 0.356. The highest BCUT2D eigenvalue weighted by Crippen LogP contribution is 2.27. The molecule has 126 valence electrons. The SMILES string of the molecule is CCCCC(CC)CN1CC(CC)(CC)NCC1C(C)C. The van der Waals surface area contributed by atoms with Crippen LogP contribution in [-0.4, -0.2) is 36.1 Å². The Balaban J connectivity index is 2.74. The molecule has 0 aromatic rings. The summed E-state index contributed by atoms with van der Waals surface area (Å²) in [4.78, 5) is 2.83. The molecule has 0 bridgehead atoms. The second-order valence-corrected chi connectivity index (χ2v) is 7.53.